The molecule has 2 aliphatic heterocycles. The number of rotatable bonds is 4. The first-order chi connectivity index (χ1) is 14.2. The third-order valence-electron chi connectivity index (χ3n) is 5.06. The Morgan fingerprint density at radius 3 is 2.70 bits per heavy atom. The standard InChI is InChI=1S/C20H18F3IN4O2/c1-27-6-5-14-11(10-27)7-13(9-17(14)24)25-19(29)16-8-12(20(21,22)23)3-4-15(16)18-26-28(18)30-2/h3-4,7-9H,5-6,10H2,1-2H3,(H,25,29). The van der Waals surface area contributed by atoms with Crippen molar-refractivity contribution >= 4 is 40.0 Å². The highest BCUT2D eigenvalue weighted by atomic mass is 127. The quantitative estimate of drug-likeness (QED) is 0.606. The molecule has 6 nitrogen and oxygen atoms in total. The molecule has 1 N–H and O–H groups in total. The van der Waals surface area contributed by atoms with Gasteiger partial charge in [0, 0.05) is 27.9 Å². The fraction of sp³-hybridized carbons (Fsp3) is 0.300. The molecule has 30 heavy (non-hydrogen) atoms. The number of benzene rings is 2. The Labute approximate surface area is 184 Å². The molecule has 2 heterocycles. The van der Waals surface area contributed by atoms with E-state index in [0.29, 0.717) is 11.5 Å². The average Bonchev–Trinajstić information content (AvgIpc) is 3.46. The number of carbonyl (C=O) groups is 1. The maximum absolute atomic E-state index is 13.2. The number of nitrogens with one attached hydrogen (secondary N) is 1. The van der Waals surface area contributed by atoms with Crippen molar-refractivity contribution < 1.29 is 22.8 Å². The smallest absolute Gasteiger partial charge is 0.322 e. The second kappa shape index (κ2) is 7.82. The molecule has 0 fully saturated rings. The highest BCUT2D eigenvalue weighted by Crippen LogP contribution is 2.33. The molecule has 0 spiro atoms. The van der Waals surface area contributed by atoms with E-state index in [2.05, 4.69) is 37.9 Å². The summed E-state index contributed by atoms with van der Waals surface area (Å²) in [5.41, 5.74) is 2.15. The van der Waals surface area contributed by atoms with Gasteiger partial charge in [-0.15, -0.1) is 10.3 Å². The van der Waals surface area contributed by atoms with Crippen molar-refractivity contribution in [1.29, 1.82) is 0 Å². The number of hydrazone groups is 1. The summed E-state index contributed by atoms with van der Waals surface area (Å²) in [4.78, 5) is 20.1. The topological polar surface area (TPSA) is 56.9 Å². The van der Waals surface area contributed by atoms with Gasteiger partial charge in [0.25, 0.3) is 5.91 Å². The van der Waals surface area contributed by atoms with E-state index in [-0.39, 0.29) is 11.1 Å². The van der Waals surface area contributed by atoms with Crippen molar-refractivity contribution in [3.05, 3.63) is 61.7 Å². The number of anilines is 1. The van der Waals surface area contributed by atoms with Crippen LogP contribution >= 0.6 is 22.6 Å². The number of amidine groups is 1. The number of carbonyl (C=O) groups excluding carboxylic acids is 1. The minimum atomic E-state index is -4.56. The lowest BCUT2D eigenvalue weighted by atomic mass is 9.99. The van der Waals surface area contributed by atoms with E-state index >= 15 is 0 Å². The summed E-state index contributed by atoms with van der Waals surface area (Å²) < 4.78 is 40.7. The Morgan fingerprint density at radius 2 is 2.03 bits per heavy atom. The van der Waals surface area contributed by atoms with E-state index in [1.165, 1.54) is 18.7 Å². The first-order valence-electron chi connectivity index (χ1n) is 9.13. The Hall–Kier alpha value is -2.18. The number of fused-ring (bicyclic) bond motifs is 1. The summed E-state index contributed by atoms with van der Waals surface area (Å²) in [6.07, 6.45) is -3.64. The first-order valence-corrected chi connectivity index (χ1v) is 10.2. The number of hydrogen-bond donors (Lipinski definition) is 1. The van der Waals surface area contributed by atoms with Crippen LogP contribution in [0.1, 0.15) is 32.6 Å². The molecule has 0 saturated carbocycles. The van der Waals surface area contributed by atoms with E-state index in [1.54, 1.807) is 0 Å². The summed E-state index contributed by atoms with van der Waals surface area (Å²) in [5.74, 6) is -0.334. The van der Waals surface area contributed by atoms with Gasteiger partial charge in [-0.3, -0.25) is 9.63 Å². The van der Waals surface area contributed by atoms with Crippen LogP contribution in [0.2, 0.25) is 0 Å². The van der Waals surface area contributed by atoms with Gasteiger partial charge in [0.05, 0.1) is 18.2 Å². The normalized spacial score (nSPS) is 16.2. The van der Waals surface area contributed by atoms with Crippen molar-refractivity contribution in [3.63, 3.8) is 0 Å². The maximum Gasteiger partial charge on any atom is 0.416 e. The van der Waals surface area contributed by atoms with Gasteiger partial charge in [-0.25, -0.2) is 0 Å². The molecule has 0 aromatic heterocycles. The molecule has 2 aromatic rings. The molecular formula is C20H18F3IN4O2. The zero-order valence-corrected chi connectivity index (χ0v) is 18.3. The minimum Gasteiger partial charge on any atom is -0.322 e. The van der Waals surface area contributed by atoms with Gasteiger partial charge in [0.1, 0.15) is 0 Å². The summed E-state index contributed by atoms with van der Waals surface area (Å²) >= 11 is 2.23. The highest BCUT2D eigenvalue weighted by Gasteiger charge is 2.35. The van der Waals surface area contributed by atoms with Gasteiger partial charge in [-0.1, -0.05) is 0 Å². The summed E-state index contributed by atoms with van der Waals surface area (Å²) in [5, 5.41) is 7.83. The van der Waals surface area contributed by atoms with E-state index in [1.807, 2.05) is 19.2 Å². The van der Waals surface area contributed by atoms with Crippen molar-refractivity contribution in [1.82, 2.24) is 10.1 Å². The molecule has 2 aromatic carbocycles. The molecule has 0 bridgehead atoms. The molecule has 1 amide bonds. The van der Waals surface area contributed by atoms with E-state index in [4.69, 9.17) is 4.84 Å². The van der Waals surface area contributed by atoms with Gasteiger partial charge in [-0.05, 0) is 77.5 Å². The zero-order valence-electron chi connectivity index (χ0n) is 16.2. The van der Waals surface area contributed by atoms with Crippen molar-refractivity contribution in [2.24, 2.45) is 5.10 Å². The summed E-state index contributed by atoms with van der Waals surface area (Å²) in [6, 6.07) is 6.73. The average molecular weight is 530 g/mol. The molecular weight excluding hydrogens is 512 g/mol. The summed E-state index contributed by atoms with van der Waals surface area (Å²) in [6.45, 7) is 1.71. The molecule has 0 unspecified atom stereocenters. The van der Waals surface area contributed by atoms with Crippen LogP contribution in [0.25, 0.3) is 0 Å². The summed E-state index contributed by atoms with van der Waals surface area (Å²) in [7, 11) is 3.40. The predicted octanol–water partition coefficient (Wildman–Crippen LogP) is 4.09. The molecule has 0 saturated heterocycles. The monoisotopic (exact) mass is 530 g/mol. The molecule has 2 aliphatic rings. The first kappa shape index (κ1) is 21.1. The van der Waals surface area contributed by atoms with Crippen molar-refractivity contribution in [3.8, 4) is 0 Å². The number of halogens is 4. The number of nitrogens with zero attached hydrogens (tertiary/aromatic N) is 3. The molecule has 0 aliphatic carbocycles. The van der Waals surface area contributed by atoms with Crippen molar-refractivity contribution in [2.45, 2.75) is 19.1 Å². The van der Waals surface area contributed by atoms with Gasteiger partial charge in [0.2, 0.25) is 5.84 Å². The van der Waals surface area contributed by atoms with Gasteiger partial charge >= 0.3 is 6.18 Å². The zero-order chi connectivity index (χ0) is 21.6. The Balaban J connectivity index is 1.67. The molecule has 0 atom stereocenters. The lowest BCUT2D eigenvalue weighted by Gasteiger charge is -2.26. The largest absolute Gasteiger partial charge is 0.416 e. The van der Waals surface area contributed by atoms with Gasteiger partial charge < -0.3 is 10.2 Å². The minimum absolute atomic E-state index is 0.118. The third-order valence-corrected chi connectivity index (χ3v) is 6.02. The lowest BCUT2D eigenvalue weighted by molar-refractivity contribution is -0.137. The lowest BCUT2D eigenvalue weighted by Crippen LogP contribution is -2.27. The van der Waals surface area contributed by atoms with E-state index < -0.39 is 17.6 Å². The highest BCUT2D eigenvalue weighted by molar-refractivity contribution is 14.1. The van der Waals surface area contributed by atoms with Crippen LogP contribution in [-0.2, 0) is 24.0 Å². The molecule has 4 rings (SSSR count). The van der Waals surface area contributed by atoms with Crippen molar-refractivity contribution in [2.75, 3.05) is 26.0 Å². The molecule has 10 heteroatoms. The fourth-order valence-electron chi connectivity index (χ4n) is 3.51. The number of amides is 1. The SMILES string of the molecule is CON1N=C1c1ccc(C(F)(F)F)cc1C(=O)Nc1cc(I)c2c(c1)CN(C)CC2. The number of likely N-dealkylation sites (N-methyl/N-ethyl adjacent to an activating group) is 1. The van der Waals surface area contributed by atoms with E-state index in [0.717, 1.165) is 45.9 Å². The predicted molar refractivity (Wildman–Crippen MR) is 114 cm³/mol. The third kappa shape index (κ3) is 4.16. The maximum atomic E-state index is 13.2. The number of hydroxylamine groups is 1. The van der Waals surface area contributed by atoms with Gasteiger partial charge in [0.15, 0.2) is 0 Å². The molecule has 0 radical (unpaired) electrons. The van der Waals surface area contributed by atoms with Crippen LogP contribution in [0.5, 0.6) is 0 Å². The number of hydrogen-bond acceptors (Lipinski definition) is 5. The van der Waals surface area contributed by atoms with E-state index in [9.17, 15) is 18.0 Å². The van der Waals surface area contributed by atoms with Gasteiger partial charge in [-0.2, -0.15) is 13.2 Å². The Kier molecular flexibility index (Phi) is 5.49. The van der Waals surface area contributed by atoms with Crippen LogP contribution in [0.4, 0.5) is 18.9 Å². The van der Waals surface area contributed by atoms with Crippen LogP contribution < -0.4 is 5.32 Å². The second-order valence-electron chi connectivity index (χ2n) is 7.17. The molecule has 158 valence electrons. The number of alkyl halides is 3. The van der Waals surface area contributed by atoms with Crippen LogP contribution in [0, 0.1) is 3.57 Å². The fourth-order valence-corrected chi connectivity index (χ4v) is 4.46. The van der Waals surface area contributed by atoms with Crippen LogP contribution in [0.3, 0.4) is 0 Å². The van der Waals surface area contributed by atoms with Crippen LogP contribution in [0.15, 0.2) is 35.4 Å². The second-order valence-corrected chi connectivity index (χ2v) is 8.34. The Bertz CT molecular complexity index is 1060. The Morgan fingerprint density at radius 1 is 1.27 bits per heavy atom. The van der Waals surface area contributed by atoms with Crippen LogP contribution in [-0.4, -0.2) is 42.5 Å².